The molecule has 0 aliphatic rings. The van der Waals surface area contributed by atoms with Crippen molar-refractivity contribution in [3.63, 3.8) is 0 Å². The molecule has 3 rings (SSSR count). The molecule has 23 heavy (non-hydrogen) atoms. The van der Waals surface area contributed by atoms with E-state index in [4.69, 9.17) is 14.3 Å². The van der Waals surface area contributed by atoms with E-state index in [9.17, 15) is 0 Å². The number of rotatable bonds is 6. The quantitative estimate of drug-likeness (QED) is 0.753. The van der Waals surface area contributed by atoms with Gasteiger partial charge in [-0.15, -0.1) is 0 Å². The lowest BCUT2D eigenvalue weighted by atomic mass is 10.1. The lowest BCUT2D eigenvalue weighted by Crippen LogP contribution is -1.98. The number of aliphatic hydroxyl groups excluding tert-OH is 1. The van der Waals surface area contributed by atoms with Crippen LogP contribution in [0.1, 0.15) is 17.0 Å². The first-order valence-electron chi connectivity index (χ1n) is 7.60. The molecule has 0 radical (unpaired) electrons. The molecule has 0 amide bonds. The van der Waals surface area contributed by atoms with Crippen LogP contribution in [0.3, 0.4) is 0 Å². The van der Waals surface area contributed by atoms with Gasteiger partial charge in [-0.05, 0) is 43.2 Å². The third kappa shape index (κ3) is 3.79. The lowest BCUT2D eigenvalue weighted by Gasteiger charge is -2.05. The first kappa shape index (κ1) is 15.3. The van der Waals surface area contributed by atoms with E-state index in [1.807, 2.05) is 61.5 Å². The van der Waals surface area contributed by atoms with Crippen LogP contribution in [0, 0.1) is 6.92 Å². The van der Waals surface area contributed by atoms with Gasteiger partial charge in [0.1, 0.15) is 23.8 Å². The molecule has 2 aromatic carbocycles. The highest BCUT2D eigenvalue weighted by atomic mass is 16.5. The van der Waals surface area contributed by atoms with E-state index in [1.54, 1.807) is 0 Å². The minimum absolute atomic E-state index is 0.153. The topological polar surface area (TPSA) is 55.5 Å². The highest BCUT2D eigenvalue weighted by Gasteiger charge is 2.11. The van der Waals surface area contributed by atoms with Crippen molar-refractivity contribution in [2.75, 3.05) is 6.61 Å². The third-order valence-electron chi connectivity index (χ3n) is 3.61. The molecule has 0 fully saturated rings. The number of aromatic nitrogens is 1. The van der Waals surface area contributed by atoms with Crippen LogP contribution in [0.5, 0.6) is 5.75 Å². The van der Waals surface area contributed by atoms with Gasteiger partial charge in [0.15, 0.2) is 0 Å². The molecule has 0 aliphatic carbocycles. The van der Waals surface area contributed by atoms with Crippen molar-refractivity contribution in [2.24, 2.45) is 0 Å². The number of benzene rings is 2. The Hall–Kier alpha value is -2.59. The molecule has 1 aromatic heterocycles. The maximum Gasteiger partial charge on any atom is 0.226 e. The third-order valence-corrected chi connectivity index (χ3v) is 3.61. The Morgan fingerprint density at radius 3 is 2.48 bits per heavy atom. The van der Waals surface area contributed by atoms with E-state index < -0.39 is 0 Å². The zero-order valence-corrected chi connectivity index (χ0v) is 13.0. The predicted octanol–water partition coefficient (Wildman–Crippen LogP) is 3.76. The number of ether oxygens (including phenoxy) is 1. The summed E-state index contributed by atoms with van der Waals surface area (Å²) >= 11 is 0. The molecule has 0 atom stereocenters. The number of oxazole rings is 1. The summed E-state index contributed by atoms with van der Waals surface area (Å²) in [6.45, 7) is 2.41. The minimum atomic E-state index is 0.153. The van der Waals surface area contributed by atoms with Gasteiger partial charge in [0.05, 0.1) is 0 Å². The normalized spacial score (nSPS) is 10.7. The fourth-order valence-electron chi connectivity index (χ4n) is 2.30. The second kappa shape index (κ2) is 7.11. The van der Waals surface area contributed by atoms with Crippen molar-refractivity contribution < 1.29 is 14.3 Å². The molecule has 1 heterocycles. The Labute approximate surface area is 135 Å². The molecular formula is C19H19NO3. The SMILES string of the molecule is Cc1oc(-c2ccccc2)nc1COc1ccc(CCO)cc1. The first-order valence-corrected chi connectivity index (χ1v) is 7.60. The van der Waals surface area contributed by atoms with Crippen LogP contribution >= 0.6 is 0 Å². The molecule has 0 unspecified atom stereocenters. The van der Waals surface area contributed by atoms with Crippen LogP contribution < -0.4 is 4.74 Å². The fourth-order valence-corrected chi connectivity index (χ4v) is 2.30. The van der Waals surface area contributed by atoms with E-state index in [1.165, 1.54) is 0 Å². The number of hydrogen-bond acceptors (Lipinski definition) is 4. The number of nitrogens with zero attached hydrogens (tertiary/aromatic N) is 1. The van der Waals surface area contributed by atoms with Crippen LogP contribution in [0.4, 0.5) is 0 Å². The van der Waals surface area contributed by atoms with Crippen molar-refractivity contribution in [3.05, 3.63) is 71.6 Å². The summed E-state index contributed by atoms with van der Waals surface area (Å²) in [4.78, 5) is 4.52. The molecule has 4 nitrogen and oxygen atoms in total. The van der Waals surface area contributed by atoms with Gasteiger partial charge in [0, 0.05) is 12.2 Å². The smallest absolute Gasteiger partial charge is 0.226 e. The molecular weight excluding hydrogens is 290 g/mol. The van der Waals surface area contributed by atoms with E-state index in [2.05, 4.69) is 4.98 Å². The van der Waals surface area contributed by atoms with Crippen molar-refractivity contribution in [2.45, 2.75) is 20.0 Å². The molecule has 3 aromatic rings. The maximum atomic E-state index is 8.92. The predicted molar refractivity (Wildman–Crippen MR) is 88.2 cm³/mol. The monoisotopic (exact) mass is 309 g/mol. The Kier molecular flexibility index (Phi) is 4.74. The first-order chi connectivity index (χ1) is 11.3. The molecule has 0 saturated carbocycles. The summed E-state index contributed by atoms with van der Waals surface area (Å²) in [6.07, 6.45) is 0.656. The minimum Gasteiger partial charge on any atom is -0.487 e. The molecule has 1 N–H and O–H groups in total. The number of aliphatic hydroxyl groups is 1. The van der Waals surface area contributed by atoms with E-state index in [0.29, 0.717) is 18.9 Å². The Balaban J connectivity index is 1.67. The molecule has 0 aliphatic heterocycles. The second-order valence-corrected chi connectivity index (χ2v) is 5.29. The maximum absolute atomic E-state index is 8.92. The average molecular weight is 309 g/mol. The second-order valence-electron chi connectivity index (χ2n) is 5.29. The van der Waals surface area contributed by atoms with Crippen LogP contribution in [-0.4, -0.2) is 16.7 Å². The van der Waals surface area contributed by atoms with Gasteiger partial charge in [-0.25, -0.2) is 4.98 Å². The summed E-state index contributed by atoms with van der Waals surface area (Å²) in [5.41, 5.74) is 2.84. The summed E-state index contributed by atoms with van der Waals surface area (Å²) < 4.78 is 11.5. The van der Waals surface area contributed by atoms with Gasteiger partial charge in [0.25, 0.3) is 0 Å². The van der Waals surface area contributed by atoms with Crippen molar-refractivity contribution in [3.8, 4) is 17.2 Å². The zero-order valence-electron chi connectivity index (χ0n) is 13.0. The van der Waals surface area contributed by atoms with Crippen LogP contribution in [-0.2, 0) is 13.0 Å². The number of hydrogen-bond donors (Lipinski definition) is 1. The van der Waals surface area contributed by atoms with Gasteiger partial charge in [-0.1, -0.05) is 30.3 Å². The van der Waals surface area contributed by atoms with Crippen molar-refractivity contribution in [1.82, 2.24) is 4.98 Å². The van der Waals surface area contributed by atoms with Gasteiger partial charge in [-0.2, -0.15) is 0 Å². The fraction of sp³-hybridized carbons (Fsp3) is 0.211. The molecule has 4 heteroatoms. The summed E-state index contributed by atoms with van der Waals surface area (Å²) in [5, 5.41) is 8.92. The average Bonchev–Trinajstić information content (AvgIpc) is 2.96. The molecule has 0 spiro atoms. The van der Waals surface area contributed by atoms with E-state index in [0.717, 1.165) is 28.3 Å². The van der Waals surface area contributed by atoms with Gasteiger partial charge in [-0.3, -0.25) is 0 Å². The standard InChI is InChI=1S/C19H19NO3/c1-14-18(20-19(23-14)16-5-3-2-4-6-16)13-22-17-9-7-15(8-10-17)11-12-21/h2-10,21H,11-13H2,1H3. The molecule has 118 valence electrons. The van der Waals surface area contributed by atoms with Crippen LogP contribution in [0.15, 0.2) is 59.0 Å². The van der Waals surface area contributed by atoms with Crippen molar-refractivity contribution >= 4 is 0 Å². The Bertz CT molecular complexity index is 748. The van der Waals surface area contributed by atoms with Gasteiger partial charge >= 0.3 is 0 Å². The highest BCUT2D eigenvalue weighted by Crippen LogP contribution is 2.22. The summed E-state index contributed by atoms with van der Waals surface area (Å²) in [6, 6.07) is 17.5. The van der Waals surface area contributed by atoms with Gasteiger partial charge < -0.3 is 14.3 Å². The Morgan fingerprint density at radius 1 is 1.04 bits per heavy atom. The molecule has 0 bridgehead atoms. The molecule has 0 saturated heterocycles. The van der Waals surface area contributed by atoms with Crippen molar-refractivity contribution in [1.29, 1.82) is 0 Å². The van der Waals surface area contributed by atoms with Gasteiger partial charge in [0.2, 0.25) is 5.89 Å². The Morgan fingerprint density at radius 2 is 1.78 bits per heavy atom. The zero-order chi connectivity index (χ0) is 16.1. The summed E-state index contributed by atoms with van der Waals surface area (Å²) in [7, 11) is 0. The largest absolute Gasteiger partial charge is 0.487 e. The van der Waals surface area contributed by atoms with E-state index >= 15 is 0 Å². The lowest BCUT2D eigenvalue weighted by molar-refractivity contribution is 0.296. The van der Waals surface area contributed by atoms with Crippen LogP contribution in [0.2, 0.25) is 0 Å². The number of aryl methyl sites for hydroxylation is 1. The highest BCUT2D eigenvalue weighted by molar-refractivity contribution is 5.53. The van der Waals surface area contributed by atoms with Crippen LogP contribution in [0.25, 0.3) is 11.5 Å². The summed E-state index contributed by atoms with van der Waals surface area (Å²) in [5.74, 6) is 2.15. The van der Waals surface area contributed by atoms with E-state index in [-0.39, 0.29) is 6.61 Å².